The molecule has 1 aliphatic heterocycles. The van der Waals surface area contributed by atoms with E-state index in [-0.39, 0.29) is 12.5 Å². The maximum absolute atomic E-state index is 13.4. The predicted octanol–water partition coefficient (Wildman–Crippen LogP) is 2.78. The average Bonchev–Trinajstić information content (AvgIpc) is 3.33. The van der Waals surface area contributed by atoms with Gasteiger partial charge in [-0.2, -0.15) is 4.68 Å². The number of carbonyl (C=O) groups excluding carboxylic acids is 2. The van der Waals surface area contributed by atoms with Crippen LogP contribution in [0.1, 0.15) is 18.3 Å². The van der Waals surface area contributed by atoms with E-state index in [0.717, 1.165) is 26.9 Å². The van der Waals surface area contributed by atoms with Gasteiger partial charge in [-0.3, -0.25) is 9.69 Å². The van der Waals surface area contributed by atoms with Crippen molar-refractivity contribution in [1.29, 1.82) is 0 Å². The highest BCUT2D eigenvalue weighted by molar-refractivity contribution is 6.09. The first-order valence-corrected chi connectivity index (χ1v) is 9.53. The summed E-state index contributed by atoms with van der Waals surface area (Å²) >= 11 is 0. The minimum Gasteiger partial charge on any atom is -0.319 e. The average molecular weight is 398 g/mol. The molecule has 1 saturated heterocycles. The molecule has 1 fully saturated rings. The highest BCUT2D eigenvalue weighted by Gasteiger charge is 2.50. The van der Waals surface area contributed by atoms with E-state index in [0.29, 0.717) is 5.82 Å². The number of amides is 3. The summed E-state index contributed by atoms with van der Waals surface area (Å²) in [5, 5.41) is 16.5. The van der Waals surface area contributed by atoms with Gasteiger partial charge in [-0.15, -0.1) is 5.10 Å². The molecule has 1 atom stereocenters. The second kappa shape index (κ2) is 6.77. The van der Waals surface area contributed by atoms with Gasteiger partial charge in [0.1, 0.15) is 5.54 Å². The Balaban J connectivity index is 1.51. The molecule has 0 aliphatic carbocycles. The zero-order valence-corrected chi connectivity index (χ0v) is 16.2. The monoisotopic (exact) mass is 398 g/mol. The number of para-hydroxylation sites is 1. The quantitative estimate of drug-likeness (QED) is 0.534. The van der Waals surface area contributed by atoms with Gasteiger partial charge in [0.25, 0.3) is 5.91 Å². The SMILES string of the molecule is C[C@]1(c2cccc3ccccc23)NC(=O)N(Cc2nnnn2-c2ccccc2)C1=O. The molecule has 3 amide bonds. The van der Waals surface area contributed by atoms with Crippen LogP contribution in [0.25, 0.3) is 16.5 Å². The number of carbonyl (C=O) groups is 2. The first-order valence-electron chi connectivity index (χ1n) is 9.53. The van der Waals surface area contributed by atoms with E-state index in [9.17, 15) is 9.59 Å². The minimum atomic E-state index is -1.18. The van der Waals surface area contributed by atoms with Gasteiger partial charge in [0.2, 0.25) is 0 Å². The van der Waals surface area contributed by atoms with E-state index < -0.39 is 11.6 Å². The lowest BCUT2D eigenvalue weighted by molar-refractivity contribution is -0.131. The Kier molecular flexibility index (Phi) is 4.06. The van der Waals surface area contributed by atoms with Crippen LogP contribution >= 0.6 is 0 Å². The summed E-state index contributed by atoms with van der Waals surface area (Å²) in [5.41, 5.74) is 0.327. The number of urea groups is 1. The zero-order valence-electron chi connectivity index (χ0n) is 16.2. The fraction of sp³-hybridized carbons (Fsp3) is 0.136. The summed E-state index contributed by atoms with van der Waals surface area (Å²) in [5.74, 6) is 0.0540. The molecule has 8 nitrogen and oxygen atoms in total. The number of tetrazole rings is 1. The Labute approximate surface area is 172 Å². The molecule has 148 valence electrons. The smallest absolute Gasteiger partial charge is 0.319 e. The molecule has 2 heterocycles. The van der Waals surface area contributed by atoms with Crippen LogP contribution in [0.3, 0.4) is 0 Å². The van der Waals surface area contributed by atoms with E-state index >= 15 is 0 Å². The maximum Gasteiger partial charge on any atom is 0.325 e. The maximum atomic E-state index is 13.4. The number of benzene rings is 3. The zero-order chi connectivity index (χ0) is 20.7. The van der Waals surface area contributed by atoms with Crippen LogP contribution in [0.4, 0.5) is 4.79 Å². The predicted molar refractivity (Wildman–Crippen MR) is 110 cm³/mol. The molecule has 0 radical (unpaired) electrons. The molecular weight excluding hydrogens is 380 g/mol. The van der Waals surface area contributed by atoms with Crippen molar-refractivity contribution in [3.63, 3.8) is 0 Å². The Hall–Kier alpha value is -4.07. The third-order valence-corrected chi connectivity index (χ3v) is 5.44. The molecule has 0 unspecified atom stereocenters. The fourth-order valence-corrected chi connectivity index (χ4v) is 3.90. The van der Waals surface area contributed by atoms with Crippen molar-refractivity contribution in [2.75, 3.05) is 0 Å². The number of rotatable bonds is 4. The van der Waals surface area contributed by atoms with Gasteiger partial charge < -0.3 is 5.32 Å². The Bertz CT molecular complexity index is 1260. The summed E-state index contributed by atoms with van der Waals surface area (Å²) in [6.07, 6.45) is 0. The third-order valence-electron chi connectivity index (χ3n) is 5.44. The van der Waals surface area contributed by atoms with Crippen molar-refractivity contribution < 1.29 is 9.59 Å². The summed E-state index contributed by atoms with van der Waals surface area (Å²) in [4.78, 5) is 27.4. The molecule has 1 N–H and O–H groups in total. The van der Waals surface area contributed by atoms with Gasteiger partial charge in [0.15, 0.2) is 5.82 Å². The van der Waals surface area contributed by atoms with Crippen LogP contribution < -0.4 is 5.32 Å². The van der Waals surface area contributed by atoms with E-state index in [1.807, 2.05) is 72.8 Å². The Morgan fingerprint density at radius 3 is 2.50 bits per heavy atom. The largest absolute Gasteiger partial charge is 0.325 e. The molecule has 8 heteroatoms. The van der Waals surface area contributed by atoms with Crippen LogP contribution in [-0.4, -0.2) is 37.0 Å². The van der Waals surface area contributed by atoms with E-state index in [1.165, 1.54) is 4.68 Å². The third kappa shape index (κ3) is 2.73. The van der Waals surface area contributed by atoms with Gasteiger partial charge in [0.05, 0.1) is 12.2 Å². The van der Waals surface area contributed by atoms with Crippen molar-refractivity contribution in [2.45, 2.75) is 19.0 Å². The Morgan fingerprint density at radius 1 is 0.933 bits per heavy atom. The summed E-state index contributed by atoms with van der Waals surface area (Å²) in [7, 11) is 0. The fourth-order valence-electron chi connectivity index (χ4n) is 3.90. The van der Waals surface area contributed by atoms with Gasteiger partial charge in [-0.25, -0.2) is 4.79 Å². The van der Waals surface area contributed by atoms with Crippen molar-refractivity contribution in [1.82, 2.24) is 30.4 Å². The topological polar surface area (TPSA) is 93.0 Å². The van der Waals surface area contributed by atoms with Crippen molar-refractivity contribution in [2.24, 2.45) is 0 Å². The number of imide groups is 1. The summed E-state index contributed by atoms with van der Waals surface area (Å²) < 4.78 is 1.52. The highest BCUT2D eigenvalue weighted by Crippen LogP contribution is 2.34. The first-order chi connectivity index (χ1) is 14.6. The van der Waals surface area contributed by atoms with Gasteiger partial charge in [-0.1, -0.05) is 60.7 Å². The summed E-state index contributed by atoms with van der Waals surface area (Å²) in [6.45, 7) is 1.70. The standard InChI is InChI=1S/C22H18N6O2/c1-22(18-13-7-9-15-8-5-6-12-17(15)18)20(29)27(21(30)23-22)14-19-24-25-26-28(19)16-10-3-2-4-11-16/h2-13H,14H2,1H3,(H,23,30)/t22-/m1/s1. The molecule has 3 aromatic carbocycles. The van der Waals surface area contributed by atoms with Gasteiger partial charge >= 0.3 is 6.03 Å². The summed E-state index contributed by atoms with van der Waals surface area (Å²) in [6, 6.07) is 22.4. The van der Waals surface area contributed by atoms with E-state index in [2.05, 4.69) is 20.8 Å². The molecule has 30 heavy (non-hydrogen) atoms. The van der Waals surface area contributed by atoms with Crippen LogP contribution in [0, 0.1) is 0 Å². The van der Waals surface area contributed by atoms with Crippen molar-refractivity contribution in [3.05, 3.63) is 84.2 Å². The molecule has 5 rings (SSSR count). The lowest BCUT2D eigenvalue weighted by Crippen LogP contribution is -2.41. The molecule has 1 aromatic heterocycles. The lowest BCUT2D eigenvalue weighted by atomic mass is 9.88. The van der Waals surface area contributed by atoms with E-state index in [4.69, 9.17) is 0 Å². The second-order valence-electron chi connectivity index (χ2n) is 7.32. The highest BCUT2D eigenvalue weighted by atomic mass is 16.2. The molecule has 0 spiro atoms. The number of hydrogen-bond donors (Lipinski definition) is 1. The number of nitrogens with one attached hydrogen (secondary N) is 1. The molecular formula is C22H18N6O2. The van der Waals surface area contributed by atoms with Crippen LogP contribution in [0.2, 0.25) is 0 Å². The molecule has 0 bridgehead atoms. The number of hydrogen-bond acceptors (Lipinski definition) is 5. The Morgan fingerprint density at radius 2 is 1.67 bits per heavy atom. The first kappa shape index (κ1) is 18.0. The minimum absolute atomic E-state index is 0.0348. The van der Waals surface area contributed by atoms with Crippen molar-refractivity contribution >= 4 is 22.7 Å². The number of aromatic nitrogens is 4. The molecule has 0 saturated carbocycles. The normalized spacial score (nSPS) is 18.8. The molecule has 4 aromatic rings. The van der Waals surface area contributed by atoms with Crippen molar-refractivity contribution in [3.8, 4) is 5.69 Å². The molecule has 1 aliphatic rings. The number of fused-ring (bicyclic) bond motifs is 1. The number of nitrogens with zero attached hydrogens (tertiary/aromatic N) is 5. The van der Waals surface area contributed by atoms with Crippen LogP contribution in [0.15, 0.2) is 72.8 Å². The van der Waals surface area contributed by atoms with Crippen LogP contribution in [0.5, 0.6) is 0 Å². The lowest BCUT2D eigenvalue weighted by Gasteiger charge is -2.24. The van der Waals surface area contributed by atoms with Crippen LogP contribution in [-0.2, 0) is 16.9 Å². The van der Waals surface area contributed by atoms with E-state index in [1.54, 1.807) is 6.92 Å². The second-order valence-corrected chi connectivity index (χ2v) is 7.32. The van der Waals surface area contributed by atoms with Gasteiger partial charge in [-0.05, 0) is 45.8 Å². The van der Waals surface area contributed by atoms with Gasteiger partial charge in [0, 0.05) is 0 Å².